The van der Waals surface area contributed by atoms with Crippen LogP contribution >= 0.6 is 23.2 Å². The van der Waals surface area contributed by atoms with Crippen molar-refractivity contribution in [1.82, 2.24) is 9.78 Å². The lowest BCUT2D eigenvalue weighted by atomic mass is 9.68. The lowest BCUT2D eigenvalue weighted by Gasteiger charge is -2.40. The topological polar surface area (TPSA) is 17.8 Å². The minimum absolute atomic E-state index is 0.268. The van der Waals surface area contributed by atoms with Gasteiger partial charge in [0.05, 0.1) is 5.69 Å². The van der Waals surface area contributed by atoms with Crippen molar-refractivity contribution in [2.45, 2.75) is 58.8 Å². The molecule has 2 nitrogen and oxygen atoms in total. The van der Waals surface area contributed by atoms with E-state index >= 15 is 0 Å². The molecule has 3 unspecified atom stereocenters. The molecule has 0 saturated heterocycles. The molecule has 1 aromatic rings. The Balaban J connectivity index is 2.14. The smallest absolute Gasteiger partial charge is 0.130 e. The Bertz CT molecular complexity index is 474. The molecule has 0 spiro atoms. The number of aromatic nitrogens is 2. The molecule has 0 radical (unpaired) electrons. The van der Waals surface area contributed by atoms with Crippen LogP contribution in [0.2, 0.25) is 5.15 Å². The van der Waals surface area contributed by atoms with E-state index in [4.69, 9.17) is 23.2 Å². The van der Waals surface area contributed by atoms with Crippen LogP contribution in [0.5, 0.6) is 0 Å². The van der Waals surface area contributed by atoms with Crippen LogP contribution in [0.3, 0.4) is 0 Å². The first kappa shape index (κ1) is 16.2. The molecule has 4 heteroatoms. The molecule has 0 aromatic carbocycles. The largest absolute Gasteiger partial charge is 0.257 e. The summed E-state index contributed by atoms with van der Waals surface area (Å²) >= 11 is 13.0. The zero-order valence-corrected chi connectivity index (χ0v) is 14.7. The minimum Gasteiger partial charge on any atom is -0.257 e. The summed E-state index contributed by atoms with van der Waals surface area (Å²) in [6, 6.07) is 0. The van der Waals surface area contributed by atoms with E-state index in [9.17, 15) is 0 Å². The highest BCUT2D eigenvalue weighted by Crippen LogP contribution is 2.43. The molecule has 3 atom stereocenters. The lowest BCUT2D eigenvalue weighted by Crippen LogP contribution is -2.33. The Morgan fingerprint density at radius 2 is 1.95 bits per heavy atom. The maximum Gasteiger partial charge on any atom is 0.130 e. The van der Waals surface area contributed by atoms with Gasteiger partial charge in [-0.2, -0.15) is 5.10 Å². The van der Waals surface area contributed by atoms with Gasteiger partial charge in [0, 0.05) is 18.0 Å². The van der Waals surface area contributed by atoms with E-state index in [1.165, 1.54) is 18.4 Å². The number of halogens is 2. The van der Waals surface area contributed by atoms with Crippen LogP contribution in [0.4, 0.5) is 0 Å². The third-order valence-corrected chi connectivity index (χ3v) is 5.90. The summed E-state index contributed by atoms with van der Waals surface area (Å²) in [6.45, 7) is 9.05. The van der Waals surface area contributed by atoms with Gasteiger partial charge < -0.3 is 0 Å². The predicted molar refractivity (Wildman–Crippen MR) is 86.6 cm³/mol. The Kier molecular flexibility index (Phi) is 4.76. The second kappa shape index (κ2) is 5.88. The third kappa shape index (κ3) is 3.33. The molecule has 1 saturated carbocycles. The highest BCUT2D eigenvalue weighted by atomic mass is 35.5. The van der Waals surface area contributed by atoms with Crippen LogP contribution in [0, 0.1) is 24.2 Å². The third-order valence-electron chi connectivity index (χ3n) is 4.85. The van der Waals surface area contributed by atoms with Gasteiger partial charge in [-0.1, -0.05) is 32.4 Å². The second-order valence-electron chi connectivity index (χ2n) is 7.33. The van der Waals surface area contributed by atoms with Gasteiger partial charge in [0.25, 0.3) is 0 Å². The van der Waals surface area contributed by atoms with Crippen LogP contribution in [-0.2, 0) is 13.5 Å². The minimum atomic E-state index is 0.268. The normalized spacial score (nSPS) is 27.9. The van der Waals surface area contributed by atoms with Crippen molar-refractivity contribution >= 4 is 23.2 Å². The van der Waals surface area contributed by atoms with E-state index in [1.807, 2.05) is 14.0 Å². The fourth-order valence-corrected chi connectivity index (χ4v) is 3.96. The van der Waals surface area contributed by atoms with Crippen molar-refractivity contribution in [2.24, 2.45) is 24.3 Å². The molecule has 114 valence electrons. The van der Waals surface area contributed by atoms with Crippen molar-refractivity contribution in [2.75, 3.05) is 0 Å². The average molecular weight is 317 g/mol. The zero-order valence-electron chi connectivity index (χ0n) is 13.2. The molecular formula is C16H26Cl2N2. The standard InChI is InChI=1S/C16H26Cl2N2/c1-10-13(15(18)20(5)19-10)9-11-8-12(16(2,3)4)6-7-14(11)17/h11-12,14H,6-9H2,1-5H3. The first-order valence-electron chi connectivity index (χ1n) is 7.52. The molecular weight excluding hydrogens is 291 g/mol. The first-order valence-corrected chi connectivity index (χ1v) is 8.33. The number of rotatable bonds is 2. The van der Waals surface area contributed by atoms with Gasteiger partial charge in [-0.3, -0.25) is 4.68 Å². The molecule has 0 bridgehead atoms. The van der Waals surface area contributed by atoms with E-state index < -0.39 is 0 Å². The molecule has 2 rings (SSSR count). The highest BCUT2D eigenvalue weighted by molar-refractivity contribution is 6.30. The van der Waals surface area contributed by atoms with Gasteiger partial charge in [0.15, 0.2) is 0 Å². The molecule has 20 heavy (non-hydrogen) atoms. The average Bonchev–Trinajstić information content (AvgIpc) is 2.57. The summed E-state index contributed by atoms with van der Waals surface area (Å²) in [5.74, 6) is 1.26. The fourth-order valence-electron chi connectivity index (χ4n) is 3.39. The van der Waals surface area contributed by atoms with Crippen molar-refractivity contribution in [3.63, 3.8) is 0 Å². The van der Waals surface area contributed by atoms with Gasteiger partial charge in [-0.25, -0.2) is 0 Å². The fraction of sp³-hybridized carbons (Fsp3) is 0.812. The van der Waals surface area contributed by atoms with E-state index in [0.29, 0.717) is 11.3 Å². The molecule has 1 aliphatic carbocycles. The Labute approximate surface area is 132 Å². The number of alkyl halides is 1. The maximum absolute atomic E-state index is 6.59. The summed E-state index contributed by atoms with van der Waals surface area (Å²) < 4.78 is 1.76. The van der Waals surface area contributed by atoms with Crippen molar-refractivity contribution in [3.8, 4) is 0 Å². The highest BCUT2D eigenvalue weighted by Gasteiger charge is 2.35. The van der Waals surface area contributed by atoms with Crippen LogP contribution in [-0.4, -0.2) is 15.2 Å². The molecule has 1 heterocycles. The number of aryl methyl sites for hydroxylation is 2. The SMILES string of the molecule is Cc1nn(C)c(Cl)c1CC1CC(C(C)(C)C)CCC1Cl. The summed E-state index contributed by atoms with van der Waals surface area (Å²) in [7, 11) is 1.90. The molecule has 0 amide bonds. The molecule has 1 aliphatic rings. The van der Waals surface area contributed by atoms with E-state index in [0.717, 1.165) is 29.6 Å². The van der Waals surface area contributed by atoms with Crippen LogP contribution < -0.4 is 0 Å². The van der Waals surface area contributed by atoms with Crippen molar-refractivity contribution in [3.05, 3.63) is 16.4 Å². The number of hydrogen-bond acceptors (Lipinski definition) is 1. The zero-order chi connectivity index (χ0) is 15.1. The number of nitrogens with zero attached hydrogens (tertiary/aromatic N) is 2. The summed E-state index contributed by atoms with van der Waals surface area (Å²) in [6.07, 6.45) is 4.51. The first-order chi connectivity index (χ1) is 9.20. The summed E-state index contributed by atoms with van der Waals surface area (Å²) in [5.41, 5.74) is 2.59. The van der Waals surface area contributed by atoms with Crippen molar-refractivity contribution in [1.29, 1.82) is 0 Å². The molecule has 0 aliphatic heterocycles. The monoisotopic (exact) mass is 316 g/mol. The van der Waals surface area contributed by atoms with Gasteiger partial charge in [0.2, 0.25) is 0 Å². The maximum atomic E-state index is 6.59. The summed E-state index contributed by atoms with van der Waals surface area (Å²) in [5, 5.41) is 5.45. The van der Waals surface area contributed by atoms with Crippen LogP contribution in [0.1, 0.15) is 51.3 Å². The Hall–Kier alpha value is -0.210. The predicted octanol–water partition coefficient (Wildman–Crippen LogP) is 4.99. The van der Waals surface area contributed by atoms with Gasteiger partial charge >= 0.3 is 0 Å². The van der Waals surface area contributed by atoms with Gasteiger partial charge in [-0.15, -0.1) is 11.6 Å². The second-order valence-corrected chi connectivity index (χ2v) is 8.25. The van der Waals surface area contributed by atoms with E-state index in [1.54, 1.807) is 4.68 Å². The quantitative estimate of drug-likeness (QED) is 0.702. The molecule has 1 aromatic heterocycles. The van der Waals surface area contributed by atoms with Crippen molar-refractivity contribution < 1.29 is 0 Å². The van der Waals surface area contributed by atoms with Crippen LogP contribution in [0.15, 0.2) is 0 Å². The van der Waals surface area contributed by atoms with E-state index in [-0.39, 0.29) is 5.38 Å². The van der Waals surface area contributed by atoms with Gasteiger partial charge in [-0.05, 0) is 49.9 Å². The van der Waals surface area contributed by atoms with Gasteiger partial charge in [0.1, 0.15) is 5.15 Å². The molecule has 0 N–H and O–H groups in total. The van der Waals surface area contributed by atoms with Crippen LogP contribution in [0.25, 0.3) is 0 Å². The van der Waals surface area contributed by atoms with E-state index in [2.05, 4.69) is 25.9 Å². The Morgan fingerprint density at radius 3 is 2.45 bits per heavy atom. The molecule has 1 fully saturated rings. The summed E-state index contributed by atoms with van der Waals surface area (Å²) in [4.78, 5) is 0. The Morgan fingerprint density at radius 1 is 1.30 bits per heavy atom. The lowest BCUT2D eigenvalue weighted by molar-refractivity contribution is 0.144. The number of hydrogen-bond donors (Lipinski definition) is 0.